The Bertz CT molecular complexity index is 436. The van der Waals surface area contributed by atoms with Gasteiger partial charge in [-0.2, -0.15) is 0 Å². The van der Waals surface area contributed by atoms with Crippen molar-refractivity contribution in [2.75, 3.05) is 19.6 Å². The van der Waals surface area contributed by atoms with E-state index in [0.717, 1.165) is 24.0 Å². The molecule has 104 valence electrons. The van der Waals surface area contributed by atoms with Crippen LogP contribution in [-0.2, 0) is 4.79 Å². The Morgan fingerprint density at radius 2 is 2.21 bits per heavy atom. The first-order chi connectivity index (χ1) is 9.13. The Morgan fingerprint density at radius 3 is 2.79 bits per heavy atom. The Hall–Kier alpha value is -0.910. The summed E-state index contributed by atoms with van der Waals surface area (Å²) in [5, 5.41) is 12.5. The van der Waals surface area contributed by atoms with Crippen LogP contribution in [0.15, 0.2) is 28.7 Å². The van der Waals surface area contributed by atoms with Crippen molar-refractivity contribution in [3.8, 4) is 0 Å². The molecule has 0 amide bonds. The molecule has 19 heavy (non-hydrogen) atoms. The van der Waals surface area contributed by atoms with Crippen LogP contribution in [0, 0.1) is 0 Å². The number of nitrogens with one attached hydrogen (secondary N) is 1. The zero-order chi connectivity index (χ0) is 13.8. The van der Waals surface area contributed by atoms with Gasteiger partial charge in [0.25, 0.3) is 0 Å². The number of aliphatic carboxylic acids is 1. The smallest absolute Gasteiger partial charge is 0.322 e. The molecule has 2 rings (SSSR count). The predicted octanol–water partition coefficient (Wildman–Crippen LogP) is 2.26. The van der Waals surface area contributed by atoms with Gasteiger partial charge in [0.15, 0.2) is 0 Å². The van der Waals surface area contributed by atoms with E-state index in [4.69, 9.17) is 0 Å². The van der Waals surface area contributed by atoms with Crippen molar-refractivity contribution in [3.05, 3.63) is 34.3 Å². The molecule has 1 fully saturated rings. The largest absolute Gasteiger partial charge is 0.480 e. The van der Waals surface area contributed by atoms with Gasteiger partial charge in [-0.05, 0) is 24.1 Å². The van der Waals surface area contributed by atoms with E-state index >= 15 is 0 Å². The molecular weight excluding hydrogens is 308 g/mol. The van der Waals surface area contributed by atoms with Gasteiger partial charge >= 0.3 is 5.97 Å². The Balaban J connectivity index is 2.24. The number of rotatable bonds is 4. The highest BCUT2D eigenvalue weighted by atomic mass is 79.9. The number of piperazine rings is 1. The minimum atomic E-state index is -0.747. The third-order valence-electron chi connectivity index (χ3n) is 3.61. The minimum Gasteiger partial charge on any atom is -0.480 e. The molecule has 2 unspecified atom stereocenters. The highest BCUT2D eigenvalue weighted by Gasteiger charge is 2.33. The Morgan fingerprint density at radius 1 is 1.53 bits per heavy atom. The predicted molar refractivity (Wildman–Crippen MR) is 78.2 cm³/mol. The first kappa shape index (κ1) is 14.5. The van der Waals surface area contributed by atoms with Gasteiger partial charge < -0.3 is 10.4 Å². The van der Waals surface area contributed by atoms with E-state index in [1.54, 1.807) is 0 Å². The molecule has 0 spiro atoms. The standard InChI is InChI=1S/C14H19BrN2O2/c1-2-12(10-3-5-11(15)6-4-10)17-8-7-16-9-13(17)14(18)19/h3-6,12-13,16H,2,7-9H2,1H3,(H,18,19). The summed E-state index contributed by atoms with van der Waals surface area (Å²) in [5.41, 5.74) is 1.18. The average molecular weight is 327 g/mol. The van der Waals surface area contributed by atoms with Gasteiger partial charge in [0.2, 0.25) is 0 Å². The van der Waals surface area contributed by atoms with Crippen LogP contribution in [-0.4, -0.2) is 41.7 Å². The van der Waals surface area contributed by atoms with Crippen molar-refractivity contribution in [2.45, 2.75) is 25.4 Å². The summed E-state index contributed by atoms with van der Waals surface area (Å²) in [6.45, 7) is 4.23. The first-order valence-corrected chi connectivity index (χ1v) is 7.37. The normalized spacial score (nSPS) is 22.1. The molecular formula is C14H19BrN2O2. The van der Waals surface area contributed by atoms with Gasteiger partial charge in [-0.3, -0.25) is 9.69 Å². The van der Waals surface area contributed by atoms with Gasteiger partial charge in [-0.15, -0.1) is 0 Å². The summed E-state index contributed by atoms with van der Waals surface area (Å²) in [7, 11) is 0. The van der Waals surface area contributed by atoms with Crippen LogP contribution in [0.25, 0.3) is 0 Å². The second-order valence-electron chi connectivity index (χ2n) is 4.77. The van der Waals surface area contributed by atoms with Crippen LogP contribution in [0.2, 0.25) is 0 Å². The van der Waals surface area contributed by atoms with Crippen molar-refractivity contribution < 1.29 is 9.90 Å². The molecule has 1 aromatic carbocycles. The molecule has 1 aliphatic heterocycles. The Kier molecular flexibility index (Phi) is 4.96. The molecule has 0 bridgehead atoms. The number of carboxylic acids is 1. The molecule has 5 heteroatoms. The summed E-state index contributed by atoms with van der Waals surface area (Å²) in [6, 6.07) is 7.88. The zero-order valence-electron chi connectivity index (χ0n) is 11.0. The van der Waals surface area contributed by atoms with Gasteiger partial charge in [-0.25, -0.2) is 0 Å². The molecule has 2 N–H and O–H groups in total. The minimum absolute atomic E-state index is 0.163. The highest BCUT2D eigenvalue weighted by Crippen LogP contribution is 2.28. The molecule has 1 aliphatic rings. The van der Waals surface area contributed by atoms with Crippen molar-refractivity contribution in [1.82, 2.24) is 10.2 Å². The maximum absolute atomic E-state index is 11.4. The van der Waals surface area contributed by atoms with E-state index in [2.05, 4.69) is 45.2 Å². The summed E-state index contributed by atoms with van der Waals surface area (Å²) >= 11 is 3.43. The second kappa shape index (κ2) is 6.50. The summed E-state index contributed by atoms with van der Waals surface area (Å²) in [6.07, 6.45) is 0.908. The SMILES string of the molecule is CCC(c1ccc(Br)cc1)N1CCNCC1C(=O)O. The average Bonchev–Trinajstić information content (AvgIpc) is 2.42. The quantitative estimate of drug-likeness (QED) is 0.891. The third kappa shape index (κ3) is 3.35. The fourth-order valence-corrected chi connectivity index (χ4v) is 2.93. The van der Waals surface area contributed by atoms with E-state index in [9.17, 15) is 9.90 Å². The fraction of sp³-hybridized carbons (Fsp3) is 0.500. The summed E-state index contributed by atoms with van der Waals surface area (Å²) in [5.74, 6) is -0.747. The van der Waals surface area contributed by atoms with Crippen LogP contribution in [0.1, 0.15) is 24.9 Å². The molecule has 1 aromatic rings. The lowest BCUT2D eigenvalue weighted by molar-refractivity contribution is -0.145. The molecule has 0 aromatic heterocycles. The number of benzene rings is 1. The summed E-state index contributed by atoms with van der Waals surface area (Å²) in [4.78, 5) is 13.5. The lowest BCUT2D eigenvalue weighted by Crippen LogP contribution is -2.55. The van der Waals surface area contributed by atoms with Crippen molar-refractivity contribution in [2.24, 2.45) is 0 Å². The first-order valence-electron chi connectivity index (χ1n) is 6.58. The van der Waals surface area contributed by atoms with E-state index in [1.165, 1.54) is 5.56 Å². The third-order valence-corrected chi connectivity index (χ3v) is 4.14. The van der Waals surface area contributed by atoms with Crippen LogP contribution in [0.4, 0.5) is 0 Å². The van der Waals surface area contributed by atoms with Crippen molar-refractivity contribution in [1.29, 1.82) is 0 Å². The van der Waals surface area contributed by atoms with Crippen LogP contribution >= 0.6 is 15.9 Å². The molecule has 4 nitrogen and oxygen atoms in total. The van der Waals surface area contributed by atoms with E-state index in [1.807, 2.05) is 12.1 Å². The lowest BCUT2D eigenvalue weighted by atomic mass is 9.99. The van der Waals surface area contributed by atoms with Gasteiger partial charge in [0.1, 0.15) is 6.04 Å². The topological polar surface area (TPSA) is 52.6 Å². The second-order valence-corrected chi connectivity index (χ2v) is 5.69. The number of hydrogen-bond donors (Lipinski definition) is 2. The molecule has 2 atom stereocenters. The van der Waals surface area contributed by atoms with Crippen molar-refractivity contribution >= 4 is 21.9 Å². The van der Waals surface area contributed by atoms with Gasteiger partial charge in [0, 0.05) is 30.1 Å². The van der Waals surface area contributed by atoms with Gasteiger partial charge in [-0.1, -0.05) is 35.0 Å². The van der Waals surface area contributed by atoms with Crippen molar-refractivity contribution in [3.63, 3.8) is 0 Å². The highest BCUT2D eigenvalue weighted by molar-refractivity contribution is 9.10. The van der Waals surface area contributed by atoms with Crippen LogP contribution < -0.4 is 5.32 Å². The van der Waals surface area contributed by atoms with Crippen LogP contribution in [0.3, 0.4) is 0 Å². The summed E-state index contributed by atoms with van der Waals surface area (Å²) < 4.78 is 1.04. The molecule has 0 aliphatic carbocycles. The molecule has 1 saturated heterocycles. The van der Waals surface area contributed by atoms with E-state index in [0.29, 0.717) is 6.54 Å². The van der Waals surface area contributed by atoms with Crippen LogP contribution in [0.5, 0.6) is 0 Å². The van der Waals surface area contributed by atoms with E-state index < -0.39 is 12.0 Å². The van der Waals surface area contributed by atoms with Gasteiger partial charge in [0.05, 0.1) is 0 Å². The number of nitrogens with zero attached hydrogens (tertiary/aromatic N) is 1. The maximum atomic E-state index is 11.4. The number of hydrogen-bond acceptors (Lipinski definition) is 3. The monoisotopic (exact) mass is 326 g/mol. The molecule has 0 radical (unpaired) electrons. The number of carboxylic acid groups (broad SMARTS) is 1. The lowest BCUT2D eigenvalue weighted by Gasteiger charge is -2.39. The van der Waals surface area contributed by atoms with E-state index in [-0.39, 0.29) is 6.04 Å². The Labute approximate surface area is 121 Å². The zero-order valence-corrected chi connectivity index (χ0v) is 12.6. The number of halogens is 1. The molecule has 1 heterocycles. The number of carbonyl (C=O) groups is 1. The fourth-order valence-electron chi connectivity index (χ4n) is 2.67. The molecule has 0 saturated carbocycles. The maximum Gasteiger partial charge on any atom is 0.322 e.